The first kappa shape index (κ1) is 12.1. The first-order valence-electron chi connectivity index (χ1n) is 5.02. The van der Waals surface area contributed by atoms with E-state index in [2.05, 4.69) is 5.32 Å². The average molecular weight is 215 g/mol. The van der Waals surface area contributed by atoms with Gasteiger partial charge in [0.1, 0.15) is 0 Å². The second-order valence-electron chi connectivity index (χ2n) is 3.45. The lowest BCUT2D eigenvalue weighted by molar-refractivity contribution is -0.136. The third-order valence-electron chi connectivity index (χ3n) is 2.14. The molecule has 86 valence electrons. The number of rotatable bonds is 5. The Bertz CT molecular complexity index is 229. The summed E-state index contributed by atoms with van der Waals surface area (Å²) in [4.78, 5) is 23.9. The zero-order chi connectivity index (χ0) is 11.3. The van der Waals surface area contributed by atoms with Gasteiger partial charge in [-0.3, -0.25) is 19.8 Å². The van der Waals surface area contributed by atoms with Gasteiger partial charge in [0.05, 0.1) is 19.2 Å². The van der Waals surface area contributed by atoms with Crippen molar-refractivity contribution in [2.24, 2.45) is 5.73 Å². The molecule has 1 aliphatic heterocycles. The highest BCUT2D eigenvalue weighted by Crippen LogP contribution is 1.99. The number of amides is 2. The van der Waals surface area contributed by atoms with E-state index in [1.54, 1.807) is 4.90 Å². The molecule has 3 N–H and O–H groups in total. The summed E-state index contributed by atoms with van der Waals surface area (Å²) in [6, 6.07) is 0. The predicted molar refractivity (Wildman–Crippen MR) is 54.1 cm³/mol. The van der Waals surface area contributed by atoms with Crippen LogP contribution in [0.3, 0.4) is 0 Å². The van der Waals surface area contributed by atoms with Crippen molar-refractivity contribution in [3.8, 4) is 0 Å². The number of hydrogen-bond acceptors (Lipinski definition) is 5. The summed E-state index contributed by atoms with van der Waals surface area (Å²) < 4.78 is 5.35. The maximum Gasteiger partial charge on any atom is 0.240 e. The van der Waals surface area contributed by atoms with Crippen molar-refractivity contribution in [1.82, 2.24) is 10.2 Å². The molecule has 15 heavy (non-hydrogen) atoms. The van der Waals surface area contributed by atoms with Crippen LogP contribution in [-0.2, 0) is 14.3 Å². The van der Waals surface area contributed by atoms with E-state index in [1.807, 2.05) is 6.92 Å². The van der Waals surface area contributed by atoms with E-state index in [1.165, 1.54) is 0 Å². The Labute approximate surface area is 88.7 Å². The molecule has 2 amide bonds. The van der Waals surface area contributed by atoms with Gasteiger partial charge in [0.25, 0.3) is 0 Å². The maximum absolute atomic E-state index is 11.1. The van der Waals surface area contributed by atoms with E-state index < -0.39 is 0 Å². The van der Waals surface area contributed by atoms with E-state index in [-0.39, 0.29) is 31.0 Å². The molecule has 0 spiro atoms. The van der Waals surface area contributed by atoms with Gasteiger partial charge in [-0.25, -0.2) is 0 Å². The van der Waals surface area contributed by atoms with Gasteiger partial charge in [-0.1, -0.05) is 0 Å². The van der Waals surface area contributed by atoms with Crippen molar-refractivity contribution < 1.29 is 14.3 Å². The van der Waals surface area contributed by atoms with Crippen molar-refractivity contribution in [2.45, 2.75) is 13.0 Å². The molecular weight excluding hydrogens is 198 g/mol. The minimum atomic E-state index is -0.265. The topological polar surface area (TPSA) is 84.7 Å². The van der Waals surface area contributed by atoms with Crippen molar-refractivity contribution in [2.75, 3.05) is 32.8 Å². The molecule has 0 saturated carbocycles. The lowest BCUT2D eigenvalue weighted by Crippen LogP contribution is -2.53. The normalized spacial score (nSPS) is 20.1. The lowest BCUT2D eigenvalue weighted by atomic mass is 10.2. The molecule has 6 nitrogen and oxygen atoms in total. The van der Waals surface area contributed by atoms with Gasteiger partial charge in [-0.2, -0.15) is 0 Å². The van der Waals surface area contributed by atoms with Crippen LogP contribution >= 0.6 is 0 Å². The van der Waals surface area contributed by atoms with Gasteiger partial charge in [0, 0.05) is 19.7 Å². The molecular formula is C9H17N3O3. The van der Waals surface area contributed by atoms with Crippen LogP contribution in [0, 0.1) is 0 Å². The number of hydrogen-bond donors (Lipinski definition) is 2. The summed E-state index contributed by atoms with van der Waals surface area (Å²) in [5.41, 5.74) is 5.51. The first-order valence-corrected chi connectivity index (χ1v) is 5.02. The molecule has 6 heteroatoms. The van der Waals surface area contributed by atoms with Gasteiger partial charge in [0.15, 0.2) is 0 Å². The van der Waals surface area contributed by atoms with Crippen LogP contribution < -0.4 is 11.1 Å². The zero-order valence-electron chi connectivity index (χ0n) is 8.86. The molecule has 0 aromatic carbocycles. The Morgan fingerprint density at radius 1 is 1.47 bits per heavy atom. The van der Waals surface area contributed by atoms with Crippen LogP contribution in [0.2, 0.25) is 0 Å². The molecule has 0 aromatic rings. The van der Waals surface area contributed by atoms with Crippen LogP contribution in [0.4, 0.5) is 0 Å². The van der Waals surface area contributed by atoms with Crippen molar-refractivity contribution in [3.05, 3.63) is 0 Å². The first-order chi connectivity index (χ1) is 7.15. The largest absolute Gasteiger partial charge is 0.376 e. The molecule has 0 aromatic heterocycles. The van der Waals surface area contributed by atoms with Gasteiger partial charge in [-0.15, -0.1) is 0 Å². The number of nitrogens with two attached hydrogens (primary N) is 1. The summed E-state index contributed by atoms with van der Waals surface area (Å²) in [6.07, 6.45) is -0.117. The molecule has 1 saturated heterocycles. The Kier molecular flexibility index (Phi) is 4.67. The smallest absolute Gasteiger partial charge is 0.240 e. The van der Waals surface area contributed by atoms with Crippen LogP contribution in [0.1, 0.15) is 6.92 Å². The van der Waals surface area contributed by atoms with E-state index >= 15 is 0 Å². The van der Waals surface area contributed by atoms with Crippen molar-refractivity contribution in [1.29, 1.82) is 0 Å². The third kappa shape index (κ3) is 3.94. The fraction of sp³-hybridized carbons (Fsp3) is 0.778. The van der Waals surface area contributed by atoms with Gasteiger partial charge >= 0.3 is 0 Å². The number of nitrogens with zero attached hydrogens (tertiary/aromatic N) is 1. The number of nitrogens with one attached hydrogen (secondary N) is 1. The Morgan fingerprint density at radius 2 is 2.07 bits per heavy atom. The third-order valence-corrected chi connectivity index (χ3v) is 2.14. The van der Waals surface area contributed by atoms with Crippen molar-refractivity contribution in [3.63, 3.8) is 0 Å². The molecule has 1 heterocycles. The molecule has 1 atom stereocenters. The molecule has 1 aliphatic rings. The van der Waals surface area contributed by atoms with E-state index in [0.29, 0.717) is 19.7 Å². The molecule has 1 rings (SSSR count). The minimum absolute atomic E-state index is 0.117. The SMILES string of the molecule is CCOC(CN)CN1CC(=O)NC(=O)C1. The fourth-order valence-electron chi connectivity index (χ4n) is 1.54. The van der Waals surface area contributed by atoms with Gasteiger partial charge in [-0.05, 0) is 6.92 Å². The summed E-state index contributed by atoms with van der Waals surface area (Å²) in [7, 11) is 0. The Hall–Kier alpha value is -0.980. The Morgan fingerprint density at radius 3 is 2.53 bits per heavy atom. The summed E-state index contributed by atoms with van der Waals surface area (Å²) in [5.74, 6) is -0.531. The highest BCUT2D eigenvalue weighted by molar-refractivity contribution is 5.99. The molecule has 1 fully saturated rings. The highest BCUT2D eigenvalue weighted by atomic mass is 16.5. The maximum atomic E-state index is 11.1. The minimum Gasteiger partial charge on any atom is -0.376 e. The monoisotopic (exact) mass is 215 g/mol. The molecule has 0 bridgehead atoms. The molecule has 0 aliphatic carbocycles. The number of piperazine rings is 1. The second-order valence-corrected chi connectivity index (χ2v) is 3.45. The van der Waals surface area contributed by atoms with E-state index in [4.69, 9.17) is 10.5 Å². The van der Waals surface area contributed by atoms with Crippen LogP contribution in [0.15, 0.2) is 0 Å². The van der Waals surface area contributed by atoms with Crippen molar-refractivity contribution >= 4 is 11.8 Å². The Balaban J connectivity index is 2.42. The van der Waals surface area contributed by atoms with Crippen LogP contribution in [-0.4, -0.2) is 55.6 Å². The summed E-state index contributed by atoms with van der Waals surface area (Å²) in [5, 5.41) is 2.24. The molecule has 1 unspecified atom stereocenters. The lowest BCUT2D eigenvalue weighted by Gasteiger charge is -2.28. The standard InChI is InChI=1S/C9H17N3O3/c1-2-15-7(3-10)4-12-5-8(13)11-9(14)6-12/h7H,2-6,10H2,1H3,(H,11,13,14). The number of carbonyl (C=O) groups excluding carboxylic acids is 2. The van der Waals surface area contributed by atoms with Crippen LogP contribution in [0.5, 0.6) is 0 Å². The van der Waals surface area contributed by atoms with E-state index in [0.717, 1.165) is 0 Å². The number of ether oxygens (including phenoxy) is 1. The summed E-state index contributed by atoms with van der Waals surface area (Å²) in [6.45, 7) is 3.83. The molecule has 0 radical (unpaired) electrons. The predicted octanol–water partition coefficient (Wildman–Crippen LogP) is -1.69. The average Bonchev–Trinajstić information content (AvgIpc) is 2.15. The highest BCUT2D eigenvalue weighted by Gasteiger charge is 2.24. The zero-order valence-corrected chi connectivity index (χ0v) is 8.86. The van der Waals surface area contributed by atoms with E-state index in [9.17, 15) is 9.59 Å². The second kappa shape index (κ2) is 5.79. The van der Waals surface area contributed by atoms with Gasteiger partial charge < -0.3 is 10.5 Å². The number of imide groups is 1. The van der Waals surface area contributed by atoms with Crippen LogP contribution in [0.25, 0.3) is 0 Å². The fourth-order valence-corrected chi connectivity index (χ4v) is 1.54. The quantitative estimate of drug-likeness (QED) is 0.534. The summed E-state index contributed by atoms with van der Waals surface area (Å²) >= 11 is 0. The van der Waals surface area contributed by atoms with Gasteiger partial charge in [0.2, 0.25) is 11.8 Å². The number of carbonyl (C=O) groups is 2.